The molecular weight excluding hydrogens is 774 g/mol. The van der Waals surface area contributed by atoms with Gasteiger partial charge in [0.25, 0.3) is 0 Å². The number of nitrogens with zero attached hydrogens (tertiary/aromatic N) is 1. The van der Waals surface area contributed by atoms with Gasteiger partial charge in [0.05, 0.1) is 27.7 Å². The summed E-state index contributed by atoms with van der Waals surface area (Å²) in [4.78, 5) is 35.5. The highest BCUT2D eigenvalue weighted by atomic mass is 31.2. The van der Waals surface area contributed by atoms with Crippen molar-refractivity contribution in [3.8, 4) is 0 Å². The van der Waals surface area contributed by atoms with Crippen LogP contribution in [0.4, 0.5) is 0 Å². The van der Waals surface area contributed by atoms with E-state index in [2.05, 4.69) is 50.3 Å². The summed E-state index contributed by atoms with van der Waals surface area (Å²) in [6.45, 7) is 4.39. The Morgan fingerprint density at radius 3 is 1.37 bits per heavy atom. The van der Waals surface area contributed by atoms with Crippen LogP contribution in [-0.2, 0) is 32.7 Å². The van der Waals surface area contributed by atoms with E-state index in [-0.39, 0.29) is 32.0 Å². The molecule has 0 aliphatic carbocycles. The summed E-state index contributed by atoms with van der Waals surface area (Å²) in [5.74, 6) is -0.810. The highest BCUT2D eigenvalue weighted by Crippen LogP contribution is 2.43. The molecule has 0 heterocycles. The third kappa shape index (κ3) is 45.7. The number of carbonyl (C=O) groups excluding carboxylic acids is 2. The number of carbonyl (C=O) groups is 2. The molecular formula is C50H95NO8P+. The molecule has 0 aromatic carbocycles. The van der Waals surface area contributed by atoms with Gasteiger partial charge in [0.15, 0.2) is 6.10 Å². The molecule has 9 nitrogen and oxygen atoms in total. The third-order valence-corrected chi connectivity index (χ3v) is 11.6. The van der Waals surface area contributed by atoms with Crippen molar-refractivity contribution >= 4 is 19.8 Å². The summed E-state index contributed by atoms with van der Waals surface area (Å²) in [6, 6.07) is 0. The van der Waals surface area contributed by atoms with E-state index in [0.29, 0.717) is 17.4 Å². The fourth-order valence-electron chi connectivity index (χ4n) is 6.75. The van der Waals surface area contributed by atoms with Crippen LogP contribution in [-0.4, -0.2) is 74.9 Å². The van der Waals surface area contributed by atoms with Gasteiger partial charge >= 0.3 is 19.8 Å². The highest BCUT2D eigenvalue weighted by Gasteiger charge is 2.27. The summed E-state index contributed by atoms with van der Waals surface area (Å²) < 4.78 is 34.4. The van der Waals surface area contributed by atoms with Crippen LogP contribution in [0.25, 0.3) is 0 Å². The van der Waals surface area contributed by atoms with Crippen molar-refractivity contribution in [3.05, 3.63) is 36.5 Å². The zero-order chi connectivity index (χ0) is 44.3. The third-order valence-electron chi connectivity index (χ3n) is 10.6. The van der Waals surface area contributed by atoms with Crippen molar-refractivity contribution in [1.29, 1.82) is 0 Å². The van der Waals surface area contributed by atoms with Crippen LogP contribution in [0.15, 0.2) is 36.5 Å². The number of unbranched alkanes of at least 4 members (excludes halogenated alkanes) is 25. The molecule has 1 unspecified atom stereocenters. The Hall–Kier alpha value is -1.77. The van der Waals surface area contributed by atoms with Gasteiger partial charge in [-0.2, -0.15) is 0 Å². The topological polar surface area (TPSA) is 108 Å². The zero-order valence-corrected chi connectivity index (χ0v) is 40.6. The van der Waals surface area contributed by atoms with E-state index in [1.807, 2.05) is 21.1 Å². The molecule has 352 valence electrons. The van der Waals surface area contributed by atoms with E-state index in [1.54, 1.807) is 0 Å². The maximum Gasteiger partial charge on any atom is 0.472 e. The van der Waals surface area contributed by atoms with Crippen molar-refractivity contribution in [2.24, 2.45) is 0 Å². The van der Waals surface area contributed by atoms with E-state index >= 15 is 0 Å². The second-order valence-corrected chi connectivity index (χ2v) is 19.3. The van der Waals surface area contributed by atoms with Gasteiger partial charge in [0, 0.05) is 12.8 Å². The second-order valence-electron chi connectivity index (χ2n) is 17.8. The van der Waals surface area contributed by atoms with Crippen molar-refractivity contribution < 1.29 is 42.1 Å². The second kappa shape index (κ2) is 42.5. The monoisotopic (exact) mass is 869 g/mol. The van der Waals surface area contributed by atoms with Crippen LogP contribution in [0.2, 0.25) is 0 Å². The Bertz CT molecular complexity index is 1120. The van der Waals surface area contributed by atoms with Crippen LogP contribution in [0, 0.1) is 0 Å². The number of esters is 2. The molecule has 0 amide bonds. The number of phosphoric acid groups is 1. The first-order chi connectivity index (χ1) is 29.0. The molecule has 0 bridgehead atoms. The number of hydrogen-bond donors (Lipinski definition) is 1. The number of rotatable bonds is 45. The van der Waals surface area contributed by atoms with Gasteiger partial charge < -0.3 is 18.9 Å². The van der Waals surface area contributed by atoms with Gasteiger partial charge in [0.2, 0.25) is 0 Å². The Balaban J connectivity index is 4.25. The first-order valence-corrected chi connectivity index (χ1v) is 26.2. The van der Waals surface area contributed by atoms with Gasteiger partial charge in [-0.3, -0.25) is 18.6 Å². The van der Waals surface area contributed by atoms with E-state index in [1.165, 1.54) is 128 Å². The van der Waals surface area contributed by atoms with Crippen LogP contribution in [0.1, 0.15) is 219 Å². The lowest BCUT2D eigenvalue weighted by atomic mass is 10.0. The summed E-state index contributed by atoms with van der Waals surface area (Å²) in [6.07, 6.45) is 49.1. The highest BCUT2D eigenvalue weighted by molar-refractivity contribution is 7.47. The Morgan fingerprint density at radius 1 is 0.517 bits per heavy atom. The largest absolute Gasteiger partial charge is 0.472 e. The maximum atomic E-state index is 12.7. The minimum Gasteiger partial charge on any atom is -0.462 e. The van der Waals surface area contributed by atoms with Crippen LogP contribution in [0.3, 0.4) is 0 Å². The predicted octanol–water partition coefficient (Wildman–Crippen LogP) is 14.5. The van der Waals surface area contributed by atoms with Crippen LogP contribution in [0.5, 0.6) is 0 Å². The lowest BCUT2D eigenvalue weighted by Crippen LogP contribution is -2.37. The Morgan fingerprint density at radius 2 is 0.900 bits per heavy atom. The number of phosphoric ester groups is 1. The van der Waals surface area contributed by atoms with Crippen molar-refractivity contribution in [2.75, 3.05) is 47.5 Å². The van der Waals surface area contributed by atoms with E-state index in [9.17, 15) is 19.0 Å². The average molecular weight is 869 g/mol. The number of likely N-dealkylation sites (N-methyl/N-ethyl adjacent to an activating group) is 1. The van der Waals surface area contributed by atoms with Gasteiger partial charge in [-0.1, -0.05) is 172 Å². The summed E-state index contributed by atoms with van der Waals surface area (Å²) in [5.41, 5.74) is 0. The molecule has 0 fully saturated rings. The fraction of sp³-hybridized carbons (Fsp3) is 0.840. The summed E-state index contributed by atoms with van der Waals surface area (Å²) in [7, 11) is 1.47. The first-order valence-electron chi connectivity index (χ1n) is 24.7. The maximum absolute atomic E-state index is 12.7. The number of hydrogen-bond acceptors (Lipinski definition) is 7. The minimum absolute atomic E-state index is 0.0290. The summed E-state index contributed by atoms with van der Waals surface area (Å²) in [5, 5.41) is 0. The van der Waals surface area contributed by atoms with Crippen LogP contribution < -0.4 is 0 Å². The SMILES string of the molecule is CCCCC/C=C\C/C=C\CCCCCCCC(=O)O[C@H](COC(=O)CCCCCCCCCCCCC/C=C\CCCCCCCC)COP(=O)(O)OCC[N+](C)(C)C. The van der Waals surface area contributed by atoms with E-state index in [4.69, 9.17) is 18.5 Å². The summed E-state index contributed by atoms with van der Waals surface area (Å²) >= 11 is 0. The van der Waals surface area contributed by atoms with Crippen molar-refractivity contribution in [2.45, 2.75) is 225 Å². The number of ether oxygens (including phenoxy) is 2. The molecule has 0 aromatic heterocycles. The standard InChI is InChI=1S/C50H94NO8P/c1-6-8-10-12-14-16-18-20-22-23-24-25-26-27-29-30-32-34-36-38-40-42-49(52)56-46-48(47-58-60(54,55)57-45-44-51(3,4)5)59-50(53)43-41-39-37-35-33-31-28-21-19-17-15-13-11-9-7-2/h15,17,20-22,28,48H,6-14,16,18-19,23-27,29-47H2,1-5H3/p+1/b17-15-,22-20-,28-21-/t48-/m1/s1. The first kappa shape index (κ1) is 58.2. The van der Waals surface area contributed by atoms with Gasteiger partial charge in [-0.25, -0.2) is 4.57 Å². The van der Waals surface area contributed by atoms with Crippen LogP contribution >= 0.6 is 7.82 Å². The molecule has 0 saturated carbocycles. The van der Waals surface area contributed by atoms with Gasteiger partial charge in [0.1, 0.15) is 19.8 Å². The fourth-order valence-corrected chi connectivity index (χ4v) is 7.49. The minimum atomic E-state index is -4.38. The van der Waals surface area contributed by atoms with Crippen molar-refractivity contribution in [1.82, 2.24) is 0 Å². The zero-order valence-electron chi connectivity index (χ0n) is 39.7. The van der Waals surface area contributed by atoms with Gasteiger partial charge in [-0.15, -0.1) is 0 Å². The van der Waals surface area contributed by atoms with E-state index < -0.39 is 26.5 Å². The number of allylic oxidation sites excluding steroid dienone is 6. The average Bonchev–Trinajstić information content (AvgIpc) is 3.20. The Kier molecular flexibility index (Phi) is 41.3. The Labute approximate surface area is 370 Å². The van der Waals surface area contributed by atoms with E-state index in [0.717, 1.165) is 57.8 Å². The molecule has 60 heavy (non-hydrogen) atoms. The lowest BCUT2D eigenvalue weighted by Gasteiger charge is -2.24. The van der Waals surface area contributed by atoms with Gasteiger partial charge in [-0.05, 0) is 70.6 Å². The smallest absolute Gasteiger partial charge is 0.462 e. The molecule has 10 heteroatoms. The molecule has 0 spiro atoms. The molecule has 1 N–H and O–H groups in total. The molecule has 0 aliphatic rings. The number of quaternary nitrogens is 1. The van der Waals surface area contributed by atoms with Crippen molar-refractivity contribution in [3.63, 3.8) is 0 Å². The molecule has 2 atom stereocenters. The predicted molar refractivity (Wildman–Crippen MR) is 252 cm³/mol. The molecule has 0 aromatic rings. The molecule has 0 rings (SSSR count). The normalized spacial score (nSPS) is 13.8. The molecule has 0 saturated heterocycles. The quantitative estimate of drug-likeness (QED) is 0.0212. The molecule has 0 aliphatic heterocycles. The molecule has 0 radical (unpaired) electrons. The lowest BCUT2D eigenvalue weighted by molar-refractivity contribution is -0.870.